The van der Waals surface area contributed by atoms with E-state index >= 15 is 0 Å². The smallest absolute Gasteiger partial charge is 0.191 e. The van der Waals surface area contributed by atoms with Gasteiger partial charge in [-0.05, 0) is 18.1 Å². The summed E-state index contributed by atoms with van der Waals surface area (Å²) in [5.74, 6) is 1.43. The zero-order chi connectivity index (χ0) is 12.6. The van der Waals surface area contributed by atoms with Crippen molar-refractivity contribution in [2.75, 3.05) is 6.61 Å². The molecule has 0 spiro atoms. The van der Waals surface area contributed by atoms with Gasteiger partial charge in [0, 0.05) is 13.0 Å². The Balaban J connectivity index is 2.28. The van der Waals surface area contributed by atoms with Crippen LogP contribution < -0.4 is 0 Å². The van der Waals surface area contributed by atoms with Gasteiger partial charge in [-0.1, -0.05) is 34.3 Å². The zero-order valence-corrected chi connectivity index (χ0v) is 12.6. The summed E-state index contributed by atoms with van der Waals surface area (Å²) in [5, 5.41) is 0.294. The molecule has 0 radical (unpaired) electrons. The van der Waals surface area contributed by atoms with Gasteiger partial charge in [0.1, 0.15) is 6.10 Å². The maximum Gasteiger partial charge on any atom is 0.191 e. The van der Waals surface area contributed by atoms with Crippen LogP contribution in [0, 0.1) is 5.92 Å². The fraction of sp³-hybridized carbons (Fsp3) is 0.846. The second-order valence-corrected chi connectivity index (χ2v) is 11.1. The van der Waals surface area contributed by atoms with Gasteiger partial charge in [0.05, 0.1) is 11.7 Å². The lowest BCUT2D eigenvalue weighted by atomic mass is 9.95. The van der Waals surface area contributed by atoms with Crippen molar-refractivity contribution in [3.8, 4) is 0 Å². The summed E-state index contributed by atoms with van der Waals surface area (Å²) in [6, 6.07) is 0. The summed E-state index contributed by atoms with van der Waals surface area (Å²) in [6.45, 7) is 18.2. The van der Waals surface area contributed by atoms with Gasteiger partial charge in [0.25, 0.3) is 0 Å². The molecule has 2 nitrogen and oxygen atoms in total. The van der Waals surface area contributed by atoms with Crippen molar-refractivity contribution < 1.29 is 9.16 Å². The SMILES string of the molecule is C=C1O[C@H](CCO[Si](C)(C)C(C)(C)C)[C@H]1C. The van der Waals surface area contributed by atoms with Crippen molar-refractivity contribution in [2.45, 2.75) is 58.4 Å². The highest BCUT2D eigenvalue weighted by Crippen LogP contribution is 2.37. The highest BCUT2D eigenvalue weighted by atomic mass is 28.4. The monoisotopic (exact) mass is 242 g/mol. The predicted octanol–water partition coefficient (Wildman–Crippen LogP) is 3.95. The van der Waals surface area contributed by atoms with Crippen LogP contribution in [-0.2, 0) is 9.16 Å². The second kappa shape index (κ2) is 4.53. The van der Waals surface area contributed by atoms with E-state index in [2.05, 4.69) is 47.4 Å². The Kier molecular flexibility index (Phi) is 3.90. The van der Waals surface area contributed by atoms with Crippen molar-refractivity contribution in [2.24, 2.45) is 5.92 Å². The molecule has 16 heavy (non-hydrogen) atoms. The average molecular weight is 242 g/mol. The molecule has 0 aliphatic carbocycles. The highest BCUT2D eigenvalue weighted by molar-refractivity contribution is 6.74. The first-order chi connectivity index (χ1) is 7.15. The third-order valence-corrected chi connectivity index (χ3v) is 8.58. The van der Waals surface area contributed by atoms with Crippen molar-refractivity contribution in [3.63, 3.8) is 0 Å². The van der Waals surface area contributed by atoms with Crippen LogP contribution in [0.1, 0.15) is 34.1 Å². The molecule has 2 atom stereocenters. The van der Waals surface area contributed by atoms with E-state index in [1.165, 1.54) is 0 Å². The van der Waals surface area contributed by atoms with E-state index in [1.54, 1.807) is 0 Å². The second-order valence-electron chi connectivity index (χ2n) is 6.31. The topological polar surface area (TPSA) is 18.5 Å². The van der Waals surface area contributed by atoms with Gasteiger partial charge < -0.3 is 9.16 Å². The first kappa shape index (κ1) is 13.8. The van der Waals surface area contributed by atoms with E-state index in [9.17, 15) is 0 Å². The van der Waals surface area contributed by atoms with Gasteiger partial charge in [-0.2, -0.15) is 0 Å². The summed E-state index contributed by atoms with van der Waals surface area (Å²) in [5.41, 5.74) is 0. The number of ether oxygens (including phenoxy) is 1. The molecule has 1 aliphatic heterocycles. The molecule has 0 N–H and O–H groups in total. The number of hydrogen-bond donors (Lipinski definition) is 0. The lowest BCUT2D eigenvalue weighted by molar-refractivity contribution is -0.0451. The van der Waals surface area contributed by atoms with Crippen LogP contribution in [-0.4, -0.2) is 21.0 Å². The van der Waals surface area contributed by atoms with Crippen LogP contribution in [0.2, 0.25) is 18.1 Å². The van der Waals surface area contributed by atoms with Crippen molar-refractivity contribution in [3.05, 3.63) is 12.3 Å². The lowest BCUT2D eigenvalue weighted by Crippen LogP contribution is -2.42. The van der Waals surface area contributed by atoms with Crippen LogP contribution in [0.5, 0.6) is 0 Å². The fourth-order valence-electron chi connectivity index (χ4n) is 1.49. The standard InChI is InChI=1S/C13H26O2Si/c1-10-11(2)15-12(10)8-9-14-16(6,7)13(3,4)5/h10,12H,2,8-9H2,1,3-7H3/t10-,12+/m0/s1. The first-order valence-corrected chi connectivity index (χ1v) is 9.05. The Bertz CT molecular complexity index is 266. The Labute approximate surface area is 101 Å². The summed E-state index contributed by atoms with van der Waals surface area (Å²) in [4.78, 5) is 0. The van der Waals surface area contributed by atoms with E-state index in [4.69, 9.17) is 9.16 Å². The summed E-state index contributed by atoms with van der Waals surface area (Å²) >= 11 is 0. The lowest BCUT2D eigenvalue weighted by Gasteiger charge is -2.40. The van der Waals surface area contributed by atoms with Gasteiger partial charge in [-0.25, -0.2) is 0 Å². The Hall–Kier alpha value is -0.283. The molecule has 0 amide bonds. The molecule has 0 aromatic rings. The summed E-state index contributed by atoms with van der Waals surface area (Å²) < 4.78 is 11.6. The molecule has 0 saturated carbocycles. The van der Waals surface area contributed by atoms with E-state index in [0.717, 1.165) is 18.8 Å². The molecule has 1 rings (SSSR count). The molecule has 1 saturated heterocycles. The summed E-state index contributed by atoms with van der Waals surface area (Å²) in [7, 11) is -1.58. The molecule has 1 fully saturated rings. The van der Waals surface area contributed by atoms with Crippen molar-refractivity contribution in [1.29, 1.82) is 0 Å². The maximum atomic E-state index is 6.11. The van der Waals surface area contributed by atoms with Gasteiger partial charge in [-0.15, -0.1) is 0 Å². The quantitative estimate of drug-likeness (QED) is 0.695. The molecule has 0 unspecified atom stereocenters. The average Bonchev–Trinajstić information content (AvgIpc) is 2.14. The van der Waals surface area contributed by atoms with Crippen LogP contribution in [0.25, 0.3) is 0 Å². The van der Waals surface area contributed by atoms with E-state index in [-0.39, 0.29) is 0 Å². The molecule has 94 valence electrons. The minimum absolute atomic E-state index is 0.294. The molecule has 0 aromatic heterocycles. The van der Waals surface area contributed by atoms with Gasteiger partial charge in [0.2, 0.25) is 0 Å². The van der Waals surface area contributed by atoms with E-state index < -0.39 is 8.32 Å². The van der Waals surface area contributed by atoms with Crippen LogP contribution in [0.3, 0.4) is 0 Å². The Morgan fingerprint density at radius 3 is 2.31 bits per heavy atom. The molecule has 0 bridgehead atoms. The highest BCUT2D eigenvalue weighted by Gasteiger charge is 2.38. The van der Waals surface area contributed by atoms with Crippen molar-refractivity contribution >= 4 is 8.32 Å². The Morgan fingerprint density at radius 2 is 1.94 bits per heavy atom. The number of hydrogen-bond acceptors (Lipinski definition) is 2. The molecule has 1 heterocycles. The van der Waals surface area contributed by atoms with Crippen LogP contribution in [0.4, 0.5) is 0 Å². The van der Waals surface area contributed by atoms with Gasteiger partial charge in [0.15, 0.2) is 8.32 Å². The van der Waals surface area contributed by atoms with Crippen LogP contribution >= 0.6 is 0 Å². The largest absolute Gasteiger partial charge is 0.494 e. The third-order valence-electron chi connectivity index (χ3n) is 4.04. The predicted molar refractivity (Wildman–Crippen MR) is 70.9 cm³/mol. The minimum Gasteiger partial charge on any atom is -0.494 e. The molecule has 3 heteroatoms. The fourth-order valence-corrected chi connectivity index (χ4v) is 2.56. The number of rotatable bonds is 4. The minimum atomic E-state index is -1.58. The molecule has 1 aliphatic rings. The van der Waals surface area contributed by atoms with E-state index in [0.29, 0.717) is 17.1 Å². The molecule has 0 aromatic carbocycles. The third kappa shape index (κ3) is 2.89. The van der Waals surface area contributed by atoms with E-state index in [1.807, 2.05) is 0 Å². The molecular weight excluding hydrogens is 216 g/mol. The summed E-state index contributed by atoms with van der Waals surface area (Å²) in [6.07, 6.45) is 1.32. The first-order valence-electron chi connectivity index (χ1n) is 6.14. The Morgan fingerprint density at radius 1 is 1.38 bits per heavy atom. The normalized spacial score (nSPS) is 26.2. The van der Waals surface area contributed by atoms with Gasteiger partial charge >= 0.3 is 0 Å². The molecular formula is C13H26O2Si. The maximum absolute atomic E-state index is 6.11. The van der Waals surface area contributed by atoms with Crippen molar-refractivity contribution in [1.82, 2.24) is 0 Å². The van der Waals surface area contributed by atoms with Gasteiger partial charge in [-0.3, -0.25) is 0 Å². The zero-order valence-electron chi connectivity index (χ0n) is 11.6. The van der Waals surface area contributed by atoms with Crippen LogP contribution in [0.15, 0.2) is 12.3 Å².